The molecule has 3 aromatic carbocycles. The first-order valence-electron chi connectivity index (χ1n) is 8.59. The second kappa shape index (κ2) is 7.01. The van der Waals surface area contributed by atoms with Crippen LogP contribution in [0.3, 0.4) is 0 Å². The predicted molar refractivity (Wildman–Crippen MR) is 106 cm³/mol. The average molecular weight is 387 g/mol. The number of carbonyl (C=O) groups is 3. The number of rotatable bonds is 3. The molecule has 8 nitrogen and oxygen atoms in total. The zero-order chi connectivity index (χ0) is 20.5. The molecule has 0 aliphatic carbocycles. The number of fused-ring (bicyclic) bond motifs is 1. The van der Waals surface area contributed by atoms with Gasteiger partial charge in [-0.2, -0.15) is 0 Å². The van der Waals surface area contributed by atoms with E-state index in [1.165, 1.54) is 24.3 Å². The molecule has 4 rings (SSSR count). The molecule has 0 saturated carbocycles. The van der Waals surface area contributed by atoms with E-state index in [0.29, 0.717) is 10.5 Å². The second-order valence-electron chi connectivity index (χ2n) is 6.30. The molecule has 1 N–H and O–H groups in total. The summed E-state index contributed by atoms with van der Waals surface area (Å²) < 4.78 is 0. The van der Waals surface area contributed by atoms with Crippen molar-refractivity contribution < 1.29 is 19.3 Å². The van der Waals surface area contributed by atoms with Crippen molar-refractivity contribution in [3.05, 3.63) is 88.0 Å². The van der Waals surface area contributed by atoms with Gasteiger partial charge in [0.1, 0.15) is 5.57 Å². The summed E-state index contributed by atoms with van der Waals surface area (Å²) in [6.07, 6.45) is 1.41. The molecular formula is C21H13N3O5. The second-order valence-corrected chi connectivity index (χ2v) is 6.30. The van der Waals surface area contributed by atoms with Gasteiger partial charge in [-0.25, -0.2) is 9.69 Å². The lowest BCUT2D eigenvalue weighted by Crippen LogP contribution is -2.54. The van der Waals surface area contributed by atoms with Crippen LogP contribution in [-0.2, 0) is 9.59 Å². The maximum Gasteiger partial charge on any atom is 0.335 e. The van der Waals surface area contributed by atoms with Gasteiger partial charge in [-0.15, -0.1) is 0 Å². The summed E-state index contributed by atoms with van der Waals surface area (Å²) in [6.45, 7) is 0. The Balaban J connectivity index is 1.80. The highest BCUT2D eigenvalue weighted by Gasteiger charge is 2.37. The fraction of sp³-hybridized carbons (Fsp3) is 0. The molecule has 0 spiro atoms. The number of amides is 4. The van der Waals surface area contributed by atoms with Crippen molar-refractivity contribution >= 4 is 46.1 Å². The molecule has 29 heavy (non-hydrogen) atoms. The Kier molecular flexibility index (Phi) is 4.36. The van der Waals surface area contributed by atoms with Crippen LogP contribution in [0.25, 0.3) is 16.8 Å². The number of barbiturate groups is 1. The summed E-state index contributed by atoms with van der Waals surface area (Å²) in [5, 5.41) is 14.9. The van der Waals surface area contributed by atoms with Crippen LogP contribution in [-0.4, -0.2) is 22.8 Å². The van der Waals surface area contributed by atoms with Crippen molar-refractivity contribution in [1.29, 1.82) is 0 Å². The summed E-state index contributed by atoms with van der Waals surface area (Å²) in [7, 11) is 0. The lowest BCUT2D eigenvalue weighted by atomic mass is 10.0. The van der Waals surface area contributed by atoms with Crippen LogP contribution in [0.4, 0.5) is 16.2 Å². The molecule has 3 aromatic rings. The fourth-order valence-electron chi connectivity index (χ4n) is 3.17. The Morgan fingerprint density at radius 2 is 1.66 bits per heavy atom. The SMILES string of the molecule is O=C1NC(=O)N(c2cccc([N+](=O)[O-])c2)C(=O)/C1=C\c1cccc2ccccc12. The Morgan fingerprint density at radius 1 is 0.931 bits per heavy atom. The van der Waals surface area contributed by atoms with E-state index < -0.39 is 22.8 Å². The molecule has 4 amide bonds. The highest BCUT2D eigenvalue weighted by molar-refractivity contribution is 6.39. The first-order valence-corrected chi connectivity index (χ1v) is 8.59. The summed E-state index contributed by atoms with van der Waals surface area (Å²) in [6, 6.07) is 17.1. The summed E-state index contributed by atoms with van der Waals surface area (Å²) >= 11 is 0. The number of imide groups is 2. The number of hydrogen-bond donors (Lipinski definition) is 1. The zero-order valence-corrected chi connectivity index (χ0v) is 14.9. The molecule has 1 heterocycles. The van der Waals surface area contributed by atoms with Crippen LogP contribution >= 0.6 is 0 Å². The topological polar surface area (TPSA) is 110 Å². The molecule has 8 heteroatoms. The average Bonchev–Trinajstić information content (AvgIpc) is 2.71. The molecule has 0 radical (unpaired) electrons. The van der Waals surface area contributed by atoms with Crippen molar-refractivity contribution in [1.82, 2.24) is 5.32 Å². The van der Waals surface area contributed by atoms with Crippen molar-refractivity contribution in [2.45, 2.75) is 0 Å². The minimum absolute atomic E-state index is 0.00183. The lowest BCUT2D eigenvalue weighted by molar-refractivity contribution is -0.384. The molecule has 1 aliphatic heterocycles. The Hall–Kier alpha value is -4.33. The van der Waals surface area contributed by atoms with Gasteiger partial charge in [0.15, 0.2) is 0 Å². The van der Waals surface area contributed by atoms with Gasteiger partial charge in [-0.1, -0.05) is 48.5 Å². The Bertz CT molecular complexity index is 1230. The van der Waals surface area contributed by atoms with Gasteiger partial charge in [0, 0.05) is 12.1 Å². The molecule has 1 saturated heterocycles. The summed E-state index contributed by atoms with van der Waals surface area (Å²) in [4.78, 5) is 48.7. The van der Waals surface area contributed by atoms with Crippen LogP contribution in [0.5, 0.6) is 0 Å². The maximum atomic E-state index is 13.0. The summed E-state index contributed by atoms with van der Waals surface area (Å²) in [5.41, 5.74) is 0.111. The maximum absolute atomic E-state index is 13.0. The number of benzene rings is 3. The minimum Gasteiger partial charge on any atom is -0.273 e. The highest BCUT2D eigenvalue weighted by Crippen LogP contribution is 2.27. The van der Waals surface area contributed by atoms with Gasteiger partial charge in [0.25, 0.3) is 17.5 Å². The van der Waals surface area contributed by atoms with Crippen molar-refractivity contribution in [2.75, 3.05) is 4.90 Å². The molecular weight excluding hydrogens is 374 g/mol. The van der Waals surface area contributed by atoms with Crippen LogP contribution in [0.2, 0.25) is 0 Å². The van der Waals surface area contributed by atoms with E-state index in [9.17, 15) is 24.5 Å². The molecule has 0 aromatic heterocycles. The number of carbonyl (C=O) groups excluding carboxylic acids is 3. The van der Waals surface area contributed by atoms with E-state index in [1.807, 2.05) is 30.3 Å². The van der Waals surface area contributed by atoms with Crippen molar-refractivity contribution in [2.24, 2.45) is 0 Å². The van der Waals surface area contributed by atoms with Crippen molar-refractivity contribution in [3.8, 4) is 0 Å². The van der Waals surface area contributed by atoms with E-state index >= 15 is 0 Å². The first-order chi connectivity index (χ1) is 14.0. The molecule has 0 bridgehead atoms. The summed E-state index contributed by atoms with van der Waals surface area (Å²) in [5.74, 6) is -1.68. The third-order valence-corrected chi connectivity index (χ3v) is 4.52. The monoisotopic (exact) mass is 387 g/mol. The molecule has 142 valence electrons. The highest BCUT2D eigenvalue weighted by atomic mass is 16.6. The number of nitro groups is 1. The van der Waals surface area contributed by atoms with Gasteiger partial charge in [0.05, 0.1) is 10.6 Å². The van der Waals surface area contributed by atoms with E-state index in [2.05, 4.69) is 5.32 Å². The third-order valence-electron chi connectivity index (χ3n) is 4.52. The lowest BCUT2D eigenvalue weighted by Gasteiger charge is -2.26. The van der Waals surface area contributed by atoms with Gasteiger partial charge in [-0.05, 0) is 28.5 Å². The fourth-order valence-corrected chi connectivity index (χ4v) is 3.17. The van der Waals surface area contributed by atoms with Gasteiger partial charge >= 0.3 is 6.03 Å². The number of urea groups is 1. The van der Waals surface area contributed by atoms with Crippen molar-refractivity contribution in [3.63, 3.8) is 0 Å². The van der Waals surface area contributed by atoms with Crippen LogP contribution in [0.1, 0.15) is 5.56 Å². The molecule has 0 atom stereocenters. The zero-order valence-electron chi connectivity index (χ0n) is 14.9. The molecule has 1 fully saturated rings. The van der Waals surface area contributed by atoms with Gasteiger partial charge in [-0.3, -0.25) is 25.0 Å². The number of nitro benzene ring substituents is 1. The van der Waals surface area contributed by atoms with Gasteiger partial charge in [0.2, 0.25) is 0 Å². The smallest absolute Gasteiger partial charge is 0.273 e. The van der Waals surface area contributed by atoms with E-state index in [1.54, 1.807) is 12.1 Å². The third kappa shape index (κ3) is 3.23. The molecule has 0 unspecified atom stereocenters. The van der Waals surface area contributed by atoms with Crippen LogP contribution < -0.4 is 10.2 Å². The van der Waals surface area contributed by atoms with E-state index in [0.717, 1.165) is 16.8 Å². The van der Waals surface area contributed by atoms with Crippen LogP contribution in [0, 0.1) is 10.1 Å². The first kappa shape index (κ1) is 18.1. The number of nitrogens with one attached hydrogen (secondary N) is 1. The largest absolute Gasteiger partial charge is 0.335 e. The van der Waals surface area contributed by atoms with E-state index in [-0.39, 0.29) is 16.9 Å². The number of nitrogens with zero attached hydrogens (tertiary/aromatic N) is 2. The van der Waals surface area contributed by atoms with Gasteiger partial charge < -0.3 is 0 Å². The standard InChI is InChI=1S/C21H13N3O5/c25-19-18(11-14-7-3-6-13-5-1-2-10-17(13)14)20(26)23(21(27)22-19)15-8-4-9-16(12-15)24(28)29/h1-12H,(H,22,25,27)/b18-11-. The molecule has 1 aliphatic rings. The number of non-ortho nitro benzene ring substituents is 1. The quantitative estimate of drug-likeness (QED) is 0.320. The van der Waals surface area contributed by atoms with Crippen LogP contribution in [0.15, 0.2) is 72.3 Å². The minimum atomic E-state index is -0.962. The number of anilines is 1. The predicted octanol–water partition coefficient (Wildman–Crippen LogP) is 3.41. The van der Waals surface area contributed by atoms with E-state index in [4.69, 9.17) is 0 Å². The normalized spacial score (nSPS) is 15.7. The Morgan fingerprint density at radius 3 is 2.45 bits per heavy atom. The number of hydrogen-bond acceptors (Lipinski definition) is 5. The Labute approximate surface area is 164 Å².